The summed E-state index contributed by atoms with van der Waals surface area (Å²) in [5.41, 5.74) is 1.12. The summed E-state index contributed by atoms with van der Waals surface area (Å²) < 4.78 is 10.3. The first-order valence-corrected chi connectivity index (χ1v) is 10.1. The molecule has 0 aliphatic carbocycles. The summed E-state index contributed by atoms with van der Waals surface area (Å²) >= 11 is 0. The molecule has 3 heterocycles. The number of ether oxygens (including phenoxy) is 1. The molecular weight excluding hydrogens is 362 g/mol. The first-order chi connectivity index (χ1) is 13.5. The number of hydrogen-bond acceptors (Lipinski definition) is 6. The van der Waals surface area contributed by atoms with Gasteiger partial charge in [-0.05, 0) is 25.8 Å². The maximum absolute atomic E-state index is 12.2. The molecular formula is C19H30N5O4+. The van der Waals surface area contributed by atoms with E-state index >= 15 is 0 Å². The summed E-state index contributed by atoms with van der Waals surface area (Å²) in [6, 6.07) is 0.0864. The van der Waals surface area contributed by atoms with Crippen molar-refractivity contribution in [3.63, 3.8) is 0 Å². The highest BCUT2D eigenvalue weighted by Gasteiger charge is 2.24. The molecule has 2 aliphatic heterocycles. The number of hydrogen-bond donors (Lipinski definition) is 2. The molecule has 9 heteroatoms. The van der Waals surface area contributed by atoms with E-state index in [4.69, 9.17) is 9.26 Å². The molecule has 0 radical (unpaired) electrons. The molecule has 0 spiro atoms. The van der Waals surface area contributed by atoms with E-state index in [0.29, 0.717) is 44.3 Å². The lowest BCUT2D eigenvalue weighted by Crippen LogP contribution is -3.09. The van der Waals surface area contributed by atoms with Gasteiger partial charge in [0.15, 0.2) is 5.82 Å². The van der Waals surface area contributed by atoms with E-state index in [9.17, 15) is 9.59 Å². The number of carbonyl (C=O) groups is 2. The zero-order chi connectivity index (χ0) is 19.9. The van der Waals surface area contributed by atoms with Gasteiger partial charge in [-0.2, -0.15) is 4.98 Å². The van der Waals surface area contributed by atoms with Crippen LogP contribution in [0.15, 0.2) is 10.6 Å². The minimum atomic E-state index is -0.277. The number of amides is 2. The normalized spacial score (nSPS) is 20.6. The number of rotatable bonds is 6. The minimum absolute atomic E-state index is 0.0311. The average Bonchev–Trinajstić information content (AvgIpc) is 3.17. The lowest BCUT2D eigenvalue weighted by molar-refractivity contribution is -0.874. The van der Waals surface area contributed by atoms with Crippen molar-refractivity contribution >= 4 is 17.6 Å². The molecule has 1 atom stereocenters. The zero-order valence-corrected chi connectivity index (χ0v) is 16.7. The van der Waals surface area contributed by atoms with Crippen LogP contribution < -0.4 is 10.2 Å². The number of likely N-dealkylation sites (N-methyl/N-ethyl adjacent to an activating group) is 1. The average molecular weight is 392 g/mol. The predicted octanol–water partition coefficient (Wildman–Crippen LogP) is 0.0411. The molecule has 1 aromatic heterocycles. The van der Waals surface area contributed by atoms with Gasteiger partial charge in [-0.25, -0.2) is 4.79 Å². The molecule has 0 bridgehead atoms. The second-order valence-corrected chi connectivity index (χ2v) is 7.43. The van der Waals surface area contributed by atoms with Crippen molar-refractivity contribution in [3.8, 4) is 0 Å². The van der Waals surface area contributed by atoms with Crippen molar-refractivity contribution in [1.29, 1.82) is 0 Å². The summed E-state index contributed by atoms with van der Waals surface area (Å²) in [6.45, 7) is 5.40. The van der Waals surface area contributed by atoms with Crippen molar-refractivity contribution in [2.24, 2.45) is 0 Å². The Balaban J connectivity index is 1.39. The molecule has 0 aromatic carbocycles. The van der Waals surface area contributed by atoms with Crippen LogP contribution in [0.3, 0.4) is 0 Å². The Labute approximate surface area is 165 Å². The van der Waals surface area contributed by atoms with Crippen LogP contribution in [0.5, 0.6) is 0 Å². The van der Waals surface area contributed by atoms with Gasteiger partial charge in [-0.3, -0.25) is 4.79 Å². The van der Waals surface area contributed by atoms with Crippen molar-refractivity contribution in [2.75, 3.05) is 39.8 Å². The molecule has 2 aliphatic rings. The molecule has 9 nitrogen and oxygen atoms in total. The standard InChI is InChI=1S/C19H29N5O4/c1-3-27-19(26)24-12-8-15(9-13-24)20-16(25)4-5-17-21-18(22-28-17)14-6-10-23(2)11-7-14/h6,15H,3-5,7-13H2,1-2H3,(H,20,25)/p+1. The fraction of sp³-hybridized carbons (Fsp3) is 0.684. The predicted molar refractivity (Wildman–Crippen MR) is 102 cm³/mol. The topological polar surface area (TPSA) is 102 Å². The largest absolute Gasteiger partial charge is 0.450 e. The lowest BCUT2D eigenvalue weighted by atomic mass is 10.1. The Bertz CT molecular complexity index is 709. The van der Waals surface area contributed by atoms with Gasteiger partial charge in [0.05, 0.1) is 26.7 Å². The molecule has 3 rings (SSSR count). The summed E-state index contributed by atoms with van der Waals surface area (Å²) in [4.78, 5) is 31.5. The van der Waals surface area contributed by atoms with Gasteiger partial charge in [0.1, 0.15) is 0 Å². The fourth-order valence-electron chi connectivity index (χ4n) is 3.48. The first-order valence-electron chi connectivity index (χ1n) is 10.1. The van der Waals surface area contributed by atoms with E-state index in [1.807, 2.05) is 0 Å². The third kappa shape index (κ3) is 5.54. The number of nitrogens with one attached hydrogen (secondary N) is 2. The molecule has 1 saturated heterocycles. The Morgan fingerprint density at radius 1 is 1.39 bits per heavy atom. The smallest absolute Gasteiger partial charge is 0.409 e. The first kappa shape index (κ1) is 20.3. The Hall–Kier alpha value is -2.42. The number of nitrogens with zero attached hydrogens (tertiary/aromatic N) is 3. The summed E-state index contributed by atoms with van der Waals surface area (Å²) in [6.07, 6.45) is 5.03. The van der Waals surface area contributed by atoms with Crippen molar-refractivity contribution in [1.82, 2.24) is 20.4 Å². The van der Waals surface area contributed by atoms with E-state index in [1.165, 1.54) is 4.90 Å². The second-order valence-electron chi connectivity index (χ2n) is 7.43. The molecule has 2 amide bonds. The Morgan fingerprint density at radius 3 is 2.86 bits per heavy atom. The third-order valence-corrected chi connectivity index (χ3v) is 5.23. The summed E-state index contributed by atoms with van der Waals surface area (Å²) in [7, 11) is 2.16. The highest BCUT2D eigenvalue weighted by molar-refractivity contribution is 5.76. The van der Waals surface area contributed by atoms with Gasteiger partial charge in [0, 0.05) is 44.0 Å². The maximum Gasteiger partial charge on any atom is 0.409 e. The van der Waals surface area contributed by atoms with Crippen molar-refractivity contribution in [3.05, 3.63) is 17.8 Å². The van der Waals surface area contributed by atoms with E-state index < -0.39 is 0 Å². The number of quaternary nitrogens is 1. The van der Waals surface area contributed by atoms with Gasteiger partial charge < -0.3 is 24.4 Å². The second kappa shape index (κ2) is 9.68. The minimum Gasteiger partial charge on any atom is -0.450 e. The van der Waals surface area contributed by atoms with Crippen LogP contribution in [-0.4, -0.2) is 72.9 Å². The molecule has 2 N–H and O–H groups in total. The summed E-state index contributed by atoms with van der Waals surface area (Å²) in [5, 5.41) is 7.09. The van der Waals surface area contributed by atoms with Crippen LogP contribution >= 0.6 is 0 Å². The van der Waals surface area contributed by atoms with Crippen LogP contribution in [0.25, 0.3) is 5.57 Å². The van der Waals surface area contributed by atoms with Crippen LogP contribution in [-0.2, 0) is 16.0 Å². The molecule has 1 unspecified atom stereocenters. The highest BCUT2D eigenvalue weighted by Crippen LogP contribution is 2.16. The number of likely N-dealkylation sites (tertiary alicyclic amines) is 1. The van der Waals surface area contributed by atoms with Gasteiger partial charge in [0.2, 0.25) is 11.8 Å². The Morgan fingerprint density at radius 2 is 2.18 bits per heavy atom. The van der Waals surface area contributed by atoms with E-state index in [2.05, 4.69) is 28.6 Å². The quantitative estimate of drug-likeness (QED) is 0.709. The number of piperidine rings is 1. The zero-order valence-electron chi connectivity index (χ0n) is 16.7. The van der Waals surface area contributed by atoms with Crippen LogP contribution in [0.1, 0.15) is 44.3 Å². The van der Waals surface area contributed by atoms with E-state index in [1.54, 1.807) is 11.8 Å². The van der Waals surface area contributed by atoms with Crippen molar-refractivity contribution < 1.29 is 23.7 Å². The molecule has 28 heavy (non-hydrogen) atoms. The maximum atomic E-state index is 12.2. The monoisotopic (exact) mass is 392 g/mol. The SMILES string of the molecule is CCOC(=O)N1CCC(NC(=O)CCc2nc(C3=CC[NH+](C)CC3)no2)CC1. The van der Waals surface area contributed by atoms with Crippen LogP contribution in [0.4, 0.5) is 4.79 Å². The van der Waals surface area contributed by atoms with Crippen LogP contribution in [0.2, 0.25) is 0 Å². The van der Waals surface area contributed by atoms with Gasteiger partial charge in [-0.1, -0.05) is 5.16 Å². The number of aromatic nitrogens is 2. The van der Waals surface area contributed by atoms with Gasteiger partial charge in [-0.15, -0.1) is 0 Å². The molecule has 1 aromatic rings. The van der Waals surface area contributed by atoms with E-state index in [0.717, 1.165) is 37.9 Å². The highest BCUT2D eigenvalue weighted by atomic mass is 16.6. The molecule has 1 fully saturated rings. The van der Waals surface area contributed by atoms with E-state index in [-0.39, 0.29) is 18.0 Å². The van der Waals surface area contributed by atoms with Crippen molar-refractivity contribution in [2.45, 2.75) is 45.1 Å². The lowest BCUT2D eigenvalue weighted by Gasteiger charge is -2.31. The van der Waals surface area contributed by atoms with Gasteiger partial charge >= 0.3 is 6.09 Å². The fourth-order valence-corrected chi connectivity index (χ4v) is 3.48. The third-order valence-electron chi connectivity index (χ3n) is 5.23. The van der Waals surface area contributed by atoms with Gasteiger partial charge in [0.25, 0.3) is 0 Å². The molecule has 154 valence electrons. The number of carbonyl (C=O) groups excluding carboxylic acids is 2. The van der Waals surface area contributed by atoms with Crippen LogP contribution in [0, 0.1) is 0 Å². The Kier molecular flexibility index (Phi) is 7.02. The molecule has 0 saturated carbocycles. The summed E-state index contributed by atoms with van der Waals surface area (Å²) in [5.74, 6) is 1.11. The number of aryl methyl sites for hydroxylation is 1.